The van der Waals surface area contributed by atoms with E-state index in [1.807, 2.05) is 38.1 Å². The molecule has 1 aliphatic rings. The van der Waals surface area contributed by atoms with Crippen molar-refractivity contribution in [3.63, 3.8) is 0 Å². The van der Waals surface area contributed by atoms with E-state index in [-0.39, 0.29) is 30.9 Å². The molecule has 2 aromatic rings. The minimum atomic E-state index is -0.966. The molecule has 7 heteroatoms. The van der Waals surface area contributed by atoms with Crippen LogP contribution in [0.3, 0.4) is 0 Å². The second kappa shape index (κ2) is 10.5. The Morgan fingerprint density at radius 2 is 1.51 bits per heavy atom. The molecule has 2 amide bonds. The van der Waals surface area contributed by atoms with Crippen molar-refractivity contribution in [1.82, 2.24) is 10.2 Å². The number of nitrogens with one attached hydrogen (secondary N) is 1. The van der Waals surface area contributed by atoms with E-state index in [4.69, 9.17) is 4.74 Å². The summed E-state index contributed by atoms with van der Waals surface area (Å²) in [4.78, 5) is 38.8. The number of carbonyl (C=O) groups excluding carboxylic acids is 2. The van der Waals surface area contributed by atoms with Crippen LogP contribution < -0.4 is 5.32 Å². The van der Waals surface area contributed by atoms with Gasteiger partial charge in [0.15, 0.2) is 0 Å². The van der Waals surface area contributed by atoms with E-state index in [0.29, 0.717) is 0 Å². The van der Waals surface area contributed by atoms with Gasteiger partial charge in [0.25, 0.3) is 0 Å². The second-order valence-electron chi connectivity index (χ2n) is 10.3. The Bertz CT molecular complexity index is 1050. The van der Waals surface area contributed by atoms with Crippen molar-refractivity contribution in [3.05, 3.63) is 59.7 Å². The molecular weight excluding hydrogens is 444 g/mol. The summed E-state index contributed by atoms with van der Waals surface area (Å²) in [5, 5.41) is 12.1. The quantitative estimate of drug-likeness (QED) is 0.540. The molecule has 3 rings (SSSR count). The largest absolute Gasteiger partial charge is 0.481 e. The predicted octanol–water partition coefficient (Wildman–Crippen LogP) is 4.76. The average molecular weight is 481 g/mol. The number of carboxylic acids is 1. The van der Waals surface area contributed by atoms with Gasteiger partial charge in [0.1, 0.15) is 6.61 Å². The average Bonchev–Trinajstić information content (AvgIpc) is 3.13. The van der Waals surface area contributed by atoms with Gasteiger partial charge in [-0.25, -0.2) is 4.79 Å². The molecule has 188 valence electrons. The Morgan fingerprint density at radius 3 is 2.00 bits per heavy atom. The van der Waals surface area contributed by atoms with Gasteiger partial charge in [-0.05, 0) is 42.0 Å². The van der Waals surface area contributed by atoms with E-state index >= 15 is 0 Å². The van der Waals surface area contributed by atoms with E-state index < -0.39 is 29.4 Å². The number of rotatable bonds is 9. The third-order valence-corrected chi connectivity index (χ3v) is 6.93. The summed E-state index contributed by atoms with van der Waals surface area (Å²) in [6.07, 6.45) is -0.576. The first-order valence-corrected chi connectivity index (χ1v) is 12.0. The summed E-state index contributed by atoms with van der Waals surface area (Å²) >= 11 is 0. The molecule has 2 atom stereocenters. The fourth-order valence-electron chi connectivity index (χ4n) is 5.14. The molecule has 0 aromatic heterocycles. The number of benzene rings is 2. The first kappa shape index (κ1) is 26.3. The van der Waals surface area contributed by atoms with Crippen molar-refractivity contribution in [2.45, 2.75) is 46.6 Å². The fourth-order valence-corrected chi connectivity index (χ4v) is 5.14. The smallest absolute Gasteiger partial charge is 0.407 e. The van der Waals surface area contributed by atoms with Crippen LogP contribution in [0.1, 0.15) is 51.7 Å². The minimum absolute atomic E-state index is 0.0519. The summed E-state index contributed by atoms with van der Waals surface area (Å²) in [6.45, 7) is 9.25. The van der Waals surface area contributed by atoms with E-state index in [9.17, 15) is 19.5 Å². The van der Waals surface area contributed by atoms with Crippen molar-refractivity contribution < 1.29 is 24.2 Å². The van der Waals surface area contributed by atoms with Crippen LogP contribution >= 0.6 is 0 Å². The van der Waals surface area contributed by atoms with Gasteiger partial charge in [-0.1, -0.05) is 69.3 Å². The summed E-state index contributed by atoms with van der Waals surface area (Å²) in [5.74, 6) is -1.99. The van der Waals surface area contributed by atoms with E-state index in [1.165, 1.54) is 4.90 Å². The normalized spacial score (nSPS) is 14.6. The Balaban J connectivity index is 1.69. The maximum atomic E-state index is 13.2. The number of ether oxygens (including phenoxy) is 1. The summed E-state index contributed by atoms with van der Waals surface area (Å²) in [5.41, 5.74) is 3.61. The standard InChI is InChI=1S/C28H36N2O5/c1-17(2)24(28(4,5)26(33)30(6)15-18(3)25(31)32)29-27(34)35-16-23-21-13-9-7-11-19(21)20-12-8-10-14-22(20)23/h7-14,17-18,23-24H,15-16H2,1-6H3,(H,29,34)(H,31,32). The molecular formula is C28H36N2O5. The molecule has 2 unspecified atom stereocenters. The SMILES string of the molecule is CC(CN(C)C(=O)C(C)(C)C(NC(=O)OCC1c2ccccc2-c2ccccc21)C(C)C)C(=O)O. The third kappa shape index (κ3) is 5.50. The third-order valence-electron chi connectivity index (χ3n) is 6.93. The predicted molar refractivity (Wildman–Crippen MR) is 135 cm³/mol. The molecule has 1 aliphatic carbocycles. The van der Waals surface area contributed by atoms with Gasteiger partial charge in [0.05, 0.1) is 11.3 Å². The lowest BCUT2D eigenvalue weighted by Gasteiger charge is -2.39. The number of hydrogen-bond donors (Lipinski definition) is 2. The van der Waals surface area contributed by atoms with Crippen LogP contribution in [0, 0.1) is 17.3 Å². The van der Waals surface area contributed by atoms with Gasteiger partial charge in [-0.2, -0.15) is 0 Å². The maximum Gasteiger partial charge on any atom is 0.407 e. The minimum Gasteiger partial charge on any atom is -0.481 e. The zero-order valence-electron chi connectivity index (χ0n) is 21.4. The van der Waals surface area contributed by atoms with Crippen LogP contribution in [0.15, 0.2) is 48.5 Å². The van der Waals surface area contributed by atoms with Gasteiger partial charge >= 0.3 is 12.1 Å². The highest BCUT2D eigenvalue weighted by molar-refractivity contribution is 5.84. The van der Waals surface area contributed by atoms with Crippen LogP contribution in [-0.4, -0.2) is 54.2 Å². The molecule has 0 saturated heterocycles. The number of hydrogen-bond acceptors (Lipinski definition) is 4. The molecule has 2 N–H and O–H groups in total. The van der Waals surface area contributed by atoms with Gasteiger partial charge in [-0.15, -0.1) is 0 Å². The molecule has 0 spiro atoms. The van der Waals surface area contributed by atoms with Crippen molar-refractivity contribution in [2.24, 2.45) is 17.3 Å². The van der Waals surface area contributed by atoms with Crippen LogP contribution in [0.4, 0.5) is 4.79 Å². The number of amides is 2. The van der Waals surface area contributed by atoms with Gasteiger partial charge in [-0.3, -0.25) is 9.59 Å². The molecule has 0 fully saturated rings. The van der Waals surface area contributed by atoms with Crippen LogP contribution in [0.5, 0.6) is 0 Å². The van der Waals surface area contributed by atoms with Gasteiger partial charge < -0.3 is 20.1 Å². The van der Waals surface area contributed by atoms with Crippen LogP contribution in [-0.2, 0) is 14.3 Å². The van der Waals surface area contributed by atoms with Crippen LogP contribution in [0.2, 0.25) is 0 Å². The number of alkyl carbamates (subject to hydrolysis) is 1. The van der Waals surface area contributed by atoms with Crippen molar-refractivity contribution in [1.29, 1.82) is 0 Å². The molecule has 2 aromatic carbocycles. The van der Waals surface area contributed by atoms with Gasteiger partial charge in [0.2, 0.25) is 5.91 Å². The van der Waals surface area contributed by atoms with Crippen LogP contribution in [0.25, 0.3) is 11.1 Å². The van der Waals surface area contributed by atoms with Gasteiger partial charge in [0, 0.05) is 25.6 Å². The zero-order chi connectivity index (χ0) is 25.9. The molecule has 7 nitrogen and oxygen atoms in total. The Labute approximate surface area is 207 Å². The van der Waals surface area contributed by atoms with Crippen molar-refractivity contribution in [3.8, 4) is 11.1 Å². The van der Waals surface area contributed by atoms with E-state index in [2.05, 4.69) is 29.6 Å². The monoisotopic (exact) mass is 480 g/mol. The zero-order valence-corrected chi connectivity index (χ0v) is 21.4. The van der Waals surface area contributed by atoms with Crippen molar-refractivity contribution in [2.75, 3.05) is 20.2 Å². The molecule has 0 aliphatic heterocycles. The number of aliphatic carboxylic acids is 1. The Kier molecular flexibility index (Phi) is 7.88. The van der Waals surface area contributed by atoms with E-state index in [0.717, 1.165) is 22.3 Å². The molecule has 0 heterocycles. The number of nitrogens with zero attached hydrogens (tertiary/aromatic N) is 1. The first-order chi connectivity index (χ1) is 16.4. The number of carboxylic acid groups (broad SMARTS) is 1. The number of fused-ring (bicyclic) bond motifs is 3. The summed E-state index contributed by atoms with van der Waals surface area (Å²) in [6, 6.07) is 15.8. The van der Waals surface area contributed by atoms with Crippen molar-refractivity contribution >= 4 is 18.0 Å². The lowest BCUT2D eigenvalue weighted by molar-refractivity contribution is -0.146. The summed E-state index contributed by atoms with van der Waals surface area (Å²) < 4.78 is 5.70. The molecule has 35 heavy (non-hydrogen) atoms. The maximum absolute atomic E-state index is 13.2. The highest BCUT2D eigenvalue weighted by Crippen LogP contribution is 2.44. The fraction of sp³-hybridized carbons (Fsp3) is 0.464. The lowest BCUT2D eigenvalue weighted by atomic mass is 9.77. The Hall–Kier alpha value is -3.35. The first-order valence-electron chi connectivity index (χ1n) is 12.0. The molecule has 0 radical (unpaired) electrons. The van der Waals surface area contributed by atoms with E-state index in [1.54, 1.807) is 27.8 Å². The highest BCUT2D eigenvalue weighted by Gasteiger charge is 2.42. The number of carbonyl (C=O) groups is 3. The summed E-state index contributed by atoms with van der Waals surface area (Å²) in [7, 11) is 1.59. The molecule has 0 saturated carbocycles. The lowest BCUT2D eigenvalue weighted by Crippen LogP contribution is -2.55. The topological polar surface area (TPSA) is 95.9 Å². The molecule has 0 bridgehead atoms. The highest BCUT2D eigenvalue weighted by atomic mass is 16.5. The Morgan fingerprint density at radius 1 is 1.00 bits per heavy atom. The second-order valence-corrected chi connectivity index (χ2v) is 10.3.